The Morgan fingerprint density at radius 1 is 1.07 bits per heavy atom. The number of amides is 1. The molecule has 134 valence electrons. The summed E-state index contributed by atoms with van der Waals surface area (Å²) in [4.78, 5) is 30.0. The molecule has 0 unspecified atom stereocenters. The highest BCUT2D eigenvalue weighted by Gasteiger charge is 2.17. The van der Waals surface area contributed by atoms with E-state index in [1.54, 1.807) is 5.38 Å². The van der Waals surface area contributed by atoms with E-state index in [4.69, 9.17) is 0 Å². The van der Waals surface area contributed by atoms with E-state index in [9.17, 15) is 18.4 Å². The van der Waals surface area contributed by atoms with E-state index >= 15 is 0 Å². The molecule has 5 nitrogen and oxygen atoms in total. The zero-order chi connectivity index (χ0) is 19.0. The van der Waals surface area contributed by atoms with Crippen molar-refractivity contribution in [2.45, 2.75) is 0 Å². The number of carbonyl (C=O) groups excluding carboxylic acids is 1. The summed E-state index contributed by atoms with van der Waals surface area (Å²) >= 11 is 1.28. The number of hydrogen-bond acceptors (Lipinski definition) is 4. The molecule has 27 heavy (non-hydrogen) atoms. The van der Waals surface area contributed by atoms with Crippen LogP contribution in [0.5, 0.6) is 0 Å². The minimum atomic E-state index is -1.10. The van der Waals surface area contributed by atoms with Gasteiger partial charge < -0.3 is 5.32 Å². The molecule has 2 aromatic carbocycles. The minimum absolute atomic E-state index is 0.0389. The van der Waals surface area contributed by atoms with Crippen LogP contribution in [0.2, 0.25) is 0 Å². The number of rotatable bonds is 3. The molecule has 0 bridgehead atoms. The van der Waals surface area contributed by atoms with Crippen molar-refractivity contribution in [3.05, 3.63) is 87.7 Å². The van der Waals surface area contributed by atoms with Gasteiger partial charge in [-0.25, -0.2) is 13.8 Å². The first-order valence-electron chi connectivity index (χ1n) is 7.85. The van der Waals surface area contributed by atoms with Gasteiger partial charge in [0.2, 0.25) is 0 Å². The van der Waals surface area contributed by atoms with Crippen molar-refractivity contribution < 1.29 is 13.6 Å². The predicted molar refractivity (Wildman–Crippen MR) is 99.1 cm³/mol. The van der Waals surface area contributed by atoms with Crippen LogP contribution in [0.25, 0.3) is 16.2 Å². The quantitative estimate of drug-likeness (QED) is 0.583. The van der Waals surface area contributed by atoms with Crippen molar-refractivity contribution in [3.63, 3.8) is 0 Å². The smallest absolute Gasteiger partial charge is 0.271 e. The minimum Gasteiger partial charge on any atom is -0.322 e. The van der Waals surface area contributed by atoms with Gasteiger partial charge in [-0.2, -0.15) is 0 Å². The second-order valence-electron chi connectivity index (χ2n) is 5.66. The lowest BCUT2D eigenvalue weighted by Crippen LogP contribution is -2.26. The maximum Gasteiger partial charge on any atom is 0.271 e. The molecule has 0 aliphatic carbocycles. The van der Waals surface area contributed by atoms with Crippen molar-refractivity contribution in [2.75, 3.05) is 5.32 Å². The van der Waals surface area contributed by atoms with Crippen LogP contribution >= 0.6 is 11.3 Å². The van der Waals surface area contributed by atoms with Gasteiger partial charge in [-0.15, -0.1) is 11.3 Å². The van der Waals surface area contributed by atoms with E-state index in [1.807, 2.05) is 30.3 Å². The third kappa shape index (κ3) is 3.11. The van der Waals surface area contributed by atoms with Crippen LogP contribution < -0.4 is 10.9 Å². The number of halogens is 2. The summed E-state index contributed by atoms with van der Waals surface area (Å²) in [6.45, 7) is 0. The Bertz CT molecular complexity index is 1220. The Hall–Kier alpha value is -3.39. The zero-order valence-corrected chi connectivity index (χ0v) is 14.5. The standard InChI is InChI=1S/C19H11F2N3O2S/c20-14-7-6-12(8-15(14)21)23-17(25)13-9-22-19-24(18(13)26)16(10-27-19)11-4-2-1-3-5-11/h1-10H,(H,23,25). The number of anilines is 1. The van der Waals surface area contributed by atoms with E-state index in [0.29, 0.717) is 10.7 Å². The second kappa shape index (κ2) is 6.73. The monoisotopic (exact) mass is 383 g/mol. The summed E-state index contributed by atoms with van der Waals surface area (Å²) in [6.07, 6.45) is 1.18. The summed E-state index contributed by atoms with van der Waals surface area (Å²) in [5, 5.41) is 4.18. The average Bonchev–Trinajstić information content (AvgIpc) is 3.11. The molecule has 0 spiro atoms. The van der Waals surface area contributed by atoms with Crippen LogP contribution in [-0.2, 0) is 0 Å². The lowest BCUT2D eigenvalue weighted by Gasteiger charge is -2.06. The van der Waals surface area contributed by atoms with Crippen LogP contribution in [0.4, 0.5) is 14.5 Å². The first-order valence-corrected chi connectivity index (χ1v) is 8.73. The number of hydrogen-bond donors (Lipinski definition) is 1. The normalized spacial score (nSPS) is 10.9. The summed E-state index contributed by atoms with van der Waals surface area (Å²) in [5.41, 5.74) is 0.728. The van der Waals surface area contributed by atoms with Crippen molar-refractivity contribution in [3.8, 4) is 11.3 Å². The molecule has 0 saturated carbocycles. The van der Waals surface area contributed by atoms with Crippen LogP contribution in [0, 0.1) is 11.6 Å². The van der Waals surface area contributed by atoms with Gasteiger partial charge in [-0.3, -0.25) is 14.0 Å². The van der Waals surface area contributed by atoms with Gasteiger partial charge >= 0.3 is 0 Å². The molecule has 0 radical (unpaired) electrons. The molecule has 4 rings (SSSR count). The van der Waals surface area contributed by atoms with E-state index in [2.05, 4.69) is 10.3 Å². The second-order valence-corrected chi connectivity index (χ2v) is 6.50. The molecule has 0 aliphatic rings. The Morgan fingerprint density at radius 2 is 1.85 bits per heavy atom. The molecule has 1 N–H and O–H groups in total. The largest absolute Gasteiger partial charge is 0.322 e. The van der Waals surface area contributed by atoms with E-state index in [0.717, 1.165) is 17.7 Å². The number of aromatic nitrogens is 2. The summed E-state index contributed by atoms with van der Waals surface area (Å²) < 4.78 is 27.7. The molecule has 4 aromatic rings. The van der Waals surface area contributed by atoms with Crippen LogP contribution in [0.3, 0.4) is 0 Å². The van der Waals surface area contributed by atoms with Gasteiger partial charge in [0.05, 0.1) is 5.69 Å². The first kappa shape index (κ1) is 17.0. The highest BCUT2D eigenvalue weighted by atomic mass is 32.1. The van der Waals surface area contributed by atoms with E-state index in [-0.39, 0.29) is 11.3 Å². The van der Waals surface area contributed by atoms with Gasteiger partial charge in [0.15, 0.2) is 16.6 Å². The SMILES string of the molecule is O=C(Nc1ccc(F)c(F)c1)c1cnc2scc(-c3ccccc3)n2c1=O. The molecule has 0 fully saturated rings. The van der Waals surface area contributed by atoms with Gasteiger partial charge in [0.25, 0.3) is 11.5 Å². The van der Waals surface area contributed by atoms with Gasteiger partial charge in [-0.05, 0) is 17.7 Å². The fourth-order valence-electron chi connectivity index (χ4n) is 2.63. The molecule has 0 atom stereocenters. The van der Waals surface area contributed by atoms with E-state index < -0.39 is 23.1 Å². The highest BCUT2D eigenvalue weighted by Crippen LogP contribution is 2.23. The van der Waals surface area contributed by atoms with Crippen molar-refractivity contribution in [1.82, 2.24) is 9.38 Å². The van der Waals surface area contributed by atoms with Crippen molar-refractivity contribution in [1.29, 1.82) is 0 Å². The summed E-state index contributed by atoms with van der Waals surface area (Å²) in [7, 11) is 0. The van der Waals surface area contributed by atoms with Gasteiger partial charge in [-0.1, -0.05) is 30.3 Å². The molecular formula is C19H11F2N3O2S. The van der Waals surface area contributed by atoms with Crippen molar-refractivity contribution >= 4 is 27.9 Å². The lowest BCUT2D eigenvalue weighted by atomic mass is 10.2. The first-order chi connectivity index (χ1) is 13.0. The number of benzene rings is 2. The fraction of sp³-hybridized carbons (Fsp3) is 0. The van der Waals surface area contributed by atoms with E-state index in [1.165, 1.54) is 28.0 Å². The number of nitrogens with zero attached hydrogens (tertiary/aromatic N) is 2. The van der Waals surface area contributed by atoms with Crippen LogP contribution in [0.15, 0.2) is 64.9 Å². The topological polar surface area (TPSA) is 63.5 Å². The van der Waals surface area contributed by atoms with Gasteiger partial charge in [0.1, 0.15) is 5.56 Å². The Morgan fingerprint density at radius 3 is 2.59 bits per heavy atom. The average molecular weight is 383 g/mol. The lowest BCUT2D eigenvalue weighted by molar-refractivity contribution is 0.102. The number of nitrogens with one attached hydrogen (secondary N) is 1. The maximum atomic E-state index is 13.3. The zero-order valence-electron chi connectivity index (χ0n) is 13.6. The molecule has 0 aliphatic heterocycles. The Balaban J connectivity index is 1.76. The molecule has 8 heteroatoms. The summed E-state index contributed by atoms with van der Waals surface area (Å²) in [6, 6.07) is 12.2. The number of carbonyl (C=O) groups is 1. The van der Waals surface area contributed by atoms with Crippen LogP contribution in [0.1, 0.15) is 10.4 Å². The summed E-state index contributed by atoms with van der Waals surface area (Å²) in [5.74, 6) is -2.87. The maximum absolute atomic E-state index is 13.3. The number of thiazole rings is 1. The fourth-order valence-corrected chi connectivity index (χ4v) is 3.49. The third-order valence-corrected chi connectivity index (χ3v) is 4.78. The Labute approximate surface area is 155 Å². The van der Waals surface area contributed by atoms with Gasteiger partial charge in [0, 0.05) is 23.3 Å². The third-order valence-electron chi connectivity index (χ3n) is 3.94. The molecule has 1 amide bonds. The van der Waals surface area contributed by atoms with Crippen molar-refractivity contribution in [2.24, 2.45) is 0 Å². The molecule has 2 heterocycles. The molecule has 0 saturated heterocycles. The van der Waals surface area contributed by atoms with Crippen LogP contribution in [-0.4, -0.2) is 15.3 Å². The molecule has 2 aromatic heterocycles. The molecular weight excluding hydrogens is 372 g/mol. The number of fused-ring (bicyclic) bond motifs is 1. The Kier molecular flexibility index (Phi) is 4.25. The highest BCUT2D eigenvalue weighted by molar-refractivity contribution is 7.15. The predicted octanol–water partition coefficient (Wildman–Crippen LogP) is 3.95.